The maximum Gasteiger partial charge on any atom is 0.243 e. The van der Waals surface area contributed by atoms with Gasteiger partial charge in [-0.1, -0.05) is 42.5 Å². The van der Waals surface area contributed by atoms with E-state index in [1.165, 1.54) is 28.9 Å². The number of amides is 1. The van der Waals surface area contributed by atoms with Crippen molar-refractivity contribution in [1.29, 1.82) is 0 Å². The zero-order valence-corrected chi connectivity index (χ0v) is 18.6. The van der Waals surface area contributed by atoms with E-state index in [-0.39, 0.29) is 28.5 Å². The standard InChI is InChI=1S/C24H28N2O4S/c1-18(27)19-9-11-22(12-10-19)31(29,30)25-16-13-21(14-17-25)24(28)26-15-5-8-23(26)20-6-3-2-4-7-20/h2-4,6-7,9-12,21,23H,5,8,13-17H2,1H3. The van der Waals surface area contributed by atoms with Crippen LogP contribution in [0.2, 0.25) is 0 Å². The van der Waals surface area contributed by atoms with Crippen LogP contribution >= 0.6 is 0 Å². The summed E-state index contributed by atoms with van der Waals surface area (Å²) in [4.78, 5) is 26.8. The maximum absolute atomic E-state index is 13.2. The van der Waals surface area contributed by atoms with E-state index in [0.29, 0.717) is 31.5 Å². The van der Waals surface area contributed by atoms with Crippen LogP contribution in [-0.4, -0.2) is 48.9 Å². The van der Waals surface area contributed by atoms with Crippen molar-refractivity contribution in [3.63, 3.8) is 0 Å². The van der Waals surface area contributed by atoms with E-state index in [9.17, 15) is 18.0 Å². The number of piperidine rings is 1. The molecule has 1 atom stereocenters. The molecule has 4 rings (SSSR count). The molecule has 31 heavy (non-hydrogen) atoms. The van der Waals surface area contributed by atoms with Gasteiger partial charge < -0.3 is 4.90 Å². The van der Waals surface area contributed by atoms with E-state index in [2.05, 4.69) is 12.1 Å². The molecule has 0 spiro atoms. The molecule has 6 nitrogen and oxygen atoms in total. The van der Waals surface area contributed by atoms with Crippen molar-refractivity contribution >= 4 is 21.7 Å². The highest BCUT2D eigenvalue weighted by Crippen LogP contribution is 2.35. The Morgan fingerprint density at radius 1 is 0.871 bits per heavy atom. The third-order valence-electron chi connectivity index (χ3n) is 6.42. The van der Waals surface area contributed by atoms with Crippen molar-refractivity contribution in [2.75, 3.05) is 19.6 Å². The second kappa shape index (κ2) is 8.93. The summed E-state index contributed by atoms with van der Waals surface area (Å²) >= 11 is 0. The quantitative estimate of drug-likeness (QED) is 0.665. The smallest absolute Gasteiger partial charge is 0.243 e. The topological polar surface area (TPSA) is 74.8 Å². The molecular weight excluding hydrogens is 412 g/mol. The number of carbonyl (C=O) groups is 2. The first-order valence-electron chi connectivity index (χ1n) is 10.8. The summed E-state index contributed by atoms with van der Waals surface area (Å²) in [5, 5.41) is 0. The van der Waals surface area contributed by atoms with E-state index in [0.717, 1.165) is 19.4 Å². The van der Waals surface area contributed by atoms with Gasteiger partial charge in [0.2, 0.25) is 15.9 Å². The van der Waals surface area contributed by atoms with Gasteiger partial charge in [-0.15, -0.1) is 0 Å². The number of carbonyl (C=O) groups excluding carboxylic acids is 2. The van der Waals surface area contributed by atoms with Crippen molar-refractivity contribution in [3.05, 3.63) is 65.7 Å². The Hall–Kier alpha value is -2.51. The molecule has 2 aromatic carbocycles. The Kier molecular flexibility index (Phi) is 6.25. The lowest BCUT2D eigenvalue weighted by Gasteiger charge is -2.34. The molecule has 0 saturated carbocycles. The minimum Gasteiger partial charge on any atom is -0.335 e. The first-order chi connectivity index (χ1) is 14.9. The molecule has 2 heterocycles. The number of hydrogen-bond donors (Lipinski definition) is 0. The molecule has 2 fully saturated rings. The van der Waals surface area contributed by atoms with Crippen LogP contribution in [0.25, 0.3) is 0 Å². The van der Waals surface area contributed by atoms with Crippen molar-refractivity contribution in [3.8, 4) is 0 Å². The number of benzene rings is 2. The van der Waals surface area contributed by atoms with Gasteiger partial charge in [-0.2, -0.15) is 4.31 Å². The number of Topliss-reactive ketones (excluding diaryl/α,β-unsaturated/α-hetero) is 1. The van der Waals surface area contributed by atoms with E-state index < -0.39 is 10.0 Å². The molecule has 2 aromatic rings. The Bertz CT molecular complexity index is 1040. The van der Waals surface area contributed by atoms with Gasteiger partial charge in [0, 0.05) is 31.1 Å². The summed E-state index contributed by atoms with van der Waals surface area (Å²) in [7, 11) is -3.63. The van der Waals surface area contributed by atoms with E-state index in [1.807, 2.05) is 23.1 Å². The minimum atomic E-state index is -3.63. The molecule has 1 amide bonds. The summed E-state index contributed by atoms with van der Waals surface area (Å²) in [6.45, 7) is 2.88. The van der Waals surface area contributed by atoms with Gasteiger partial charge in [-0.3, -0.25) is 9.59 Å². The van der Waals surface area contributed by atoms with Crippen LogP contribution in [0.3, 0.4) is 0 Å². The Morgan fingerprint density at radius 3 is 2.13 bits per heavy atom. The van der Waals surface area contributed by atoms with Gasteiger partial charge in [0.05, 0.1) is 10.9 Å². The van der Waals surface area contributed by atoms with Gasteiger partial charge >= 0.3 is 0 Å². The maximum atomic E-state index is 13.2. The third-order valence-corrected chi connectivity index (χ3v) is 8.33. The molecule has 164 valence electrons. The summed E-state index contributed by atoms with van der Waals surface area (Å²) in [5.74, 6) is -0.0935. The van der Waals surface area contributed by atoms with Crippen LogP contribution in [-0.2, 0) is 14.8 Å². The second-order valence-corrected chi connectivity index (χ2v) is 10.3. The molecule has 0 bridgehead atoms. The molecule has 0 N–H and O–H groups in total. The summed E-state index contributed by atoms with van der Waals surface area (Å²) in [5.41, 5.74) is 1.66. The SMILES string of the molecule is CC(=O)c1ccc(S(=O)(=O)N2CCC(C(=O)N3CCCC3c3ccccc3)CC2)cc1. The normalized spacial score (nSPS) is 20.7. The number of rotatable bonds is 5. The van der Waals surface area contributed by atoms with Crippen molar-refractivity contribution in [2.45, 2.75) is 43.5 Å². The summed E-state index contributed by atoms with van der Waals surface area (Å²) in [6.07, 6.45) is 3.03. The summed E-state index contributed by atoms with van der Waals surface area (Å²) < 4.78 is 27.4. The van der Waals surface area contributed by atoms with Gasteiger partial charge in [-0.25, -0.2) is 8.42 Å². The van der Waals surface area contributed by atoms with Gasteiger partial charge in [0.15, 0.2) is 5.78 Å². The van der Waals surface area contributed by atoms with Crippen LogP contribution in [0.4, 0.5) is 0 Å². The highest BCUT2D eigenvalue weighted by molar-refractivity contribution is 7.89. The number of nitrogens with zero attached hydrogens (tertiary/aromatic N) is 2. The summed E-state index contributed by atoms with van der Waals surface area (Å²) in [6, 6.07) is 16.3. The van der Waals surface area contributed by atoms with Crippen LogP contribution in [0.5, 0.6) is 0 Å². The monoisotopic (exact) mass is 440 g/mol. The highest BCUT2D eigenvalue weighted by atomic mass is 32.2. The van der Waals surface area contributed by atoms with Gasteiger partial charge in [0.1, 0.15) is 0 Å². The van der Waals surface area contributed by atoms with Crippen molar-refractivity contribution in [2.24, 2.45) is 5.92 Å². The first kappa shape index (κ1) is 21.7. The first-order valence-corrected chi connectivity index (χ1v) is 12.3. The highest BCUT2D eigenvalue weighted by Gasteiger charge is 2.37. The number of ketones is 1. The van der Waals surface area contributed by atoms with Crippen LogP contribution in [0.1, 0.15) is 54.6 Å². The lowest BCUT2D eigenvalue weighted by Crippen LogP contribution is -2.44. The Morgan fingerprint density at radius 2 is 1.52 bits per heavy atom. The predicted molar refractivity (Wildman–Crippen MR) is 118 cm³/mol. The fraction of sp³-hybridized carbons (Fsp3) is 0.417. The van der Waals surface area contributed by atoms with E-state index in [4.69, 9.17) is 0 Å². The molecule has 2 aliphatic heterocycles. The molecule has 0 aromatic heterocycles. The molecule has 0 aliphatic carbocycles. The average Bonchev–Trinajstić information content (AvgIpc) is 3.29. The molecule has 7 heteroatoms. The van der Waals surface area contributed by atoms with Gasteiger partial charge in [-0.05, 0) is 50.3 Å². The van der Waals surface area contributed by atoms with Gasteiger partial charge in [0.25, 0.3) is 0 Å². The molecule has 2 saturated heterocycles. The van der Waals surface area contributed by atoms with Crippen molar-refractivity contribution < 1.29 is 18.0 Å². The van der Waals surface area contributed by atoms with Crippen LogP contribution < -0.4 is 0 Å². The number of hydrogen-bond acceptors (Lipinski definition) is 4. The predicted octanol–water partition coefficient (Wildman–Crippen LogP) is 3.65. The number of likely N-dealkylation sites (tertiary alicyclic amines) is 1. The minimum absolute atomic E-state index is 0.0982. The Labute approximate surface area is 183 Å². The largest absolute Gasteiger partial charge is 0.335 e. The van der Waals surface area contributed by atoms with Crippen LogP contribution in [0, 0.1) is 5.92 Å². The fourth-order valence-corrected chi connectivity index (χ4v) is 6.11. The van der Waals surface area contributed by atoms with E-state index >= 15 is 0 Å². The molecule has 0 radical (unpaired) electrons. The fourth-order valence-electron chi connectivity index (χ4n) is 4.64. The second-order valence-electron chi connectivity index (χ2n) is 8.36. The van der Waals surface area contributed by atoms with Crippen LogP contribution in [0.15, 0.2) is 59.5 Å². The zero-order valence-electron chi connectivity index (χ0n) is 17.7. The lowest BCUT2D eigenvalue weighted by atomic mass is 9.95. The molecule has 2 aliphatic rings. The lowest BCUT2D eigenvalue weighted by molar-refractivity contribution is -0.137. The Balaban J connectivity index is 1.41. The zero-order chi connectivity index (χ0) is 22.0. The third kappa shape index (κ3) is 4.43. The molecule has 1 unspecified atom stereocenters. The van der Waals surface area contributed by atoms with E-state index in [1.54, 1.807) is 12.1 Å². The van der Waals surface area contributed by atoms with Crippen molar-refractivity contribution in [1.82, 2.24) is 9.21 Å². The average molecular weight is 441 g/mol. The number of sulfonamides is 1. The molecular formula is C24H28N2O4S.